The summed E-state index contributed by atoms with van der Waals surface area (Å²) >= 11 is 0. The maximum absolute atomic E-state index is 12.9. The van der Waals surface area contributed by atoms with E-state index < -0.39 is 17.8 Å². The number of carbonyl (C=O) groups excluding carboxylic acids is 1. The number of hydrogen-bond acceptors (Lipinski definition) is 6. The molecule has 2 heterocycles. The second-order valence-electron chi connectivity index (χ2n) is 9.53. The average molecular weight is 416 g/mol. The third-order valence-corrected chi connectivity index (χ3v) is 8.11. The molecule has 0 amide bonds. The van der Waals surface area contributed by atoms with Crippen LogP contribution in [0.1, 0.15) is 40.5 Å². The van der Waals surface area contributed by atoms with E-state index in [1.807, 2.05) is 20.8 Å². The molecule has 6 heteroatoms. The Morgan fingerprint density at radius 3 is 2.73 bits per heavy atom. The van der Waals surface area contributed by atoms with Crippen molar-refractivity contribution < 1.29 is 24.1 Å². The van der Waals surface area contributed by atoms with Gasteiger partial charge in [0.25, 0.3) is 0 Å². The van der Waals surface area contributed by atoms with E-state index in [0.29, 0.717) is 12.8 Å². The standard InChI is InChI=1S/C24H33NO5/c1-6-18-12(2)9-13(3)24-15(10-19(28-5)23(27)29-18)7-8-16-20(24)21(26)14(4)17(11-25)22(16)30-24/h7-9,12,14-22,26H,6,10H2,1-5H3/b13-9-/t12-,14?,15-,16-,17-,18-,19+,20+,21-,22-,24+/m1/s1. The van der Waals surface area contributed by atoms with Crippen LogP contribution in [-0.2, 0) is 19.0 Å². The van der Waals surface area contributed by atoms with Gasteiger partial charge in [-0.15, -0.1) is 0 Å². The highest BCUT2D eigenvalue weighted by Gasteiger charge is 2.68. The van der Waals surface area contributed by atoms with Crippen molar-refractivity contribution in [2.75, 3.05) is 7.11 Å². The van der Waals surface area contributed by atoms with E-state index in [9.17, 15) is 15.2 Å². The number of aliphatic hydroxyl groups excluding tert-OH is 1. The number of esters is 1. The zero-order chi connectivity index (χ0) is 21.8. The Hall–Kier alpha value is -1.68. The zero-order valence-electron chi connectivity index (χ0n) is 18.4. The van der Waals surface area contributed by atoms with E-state index >= 15 is 0 Å². The number of nitrogens with zero attached hydrogens (tertiary/aromatic N) is 1. The van der Waals surface area contributed by atoms with Gasteiger partial charge in [-0.3, -0.25) is 0 Å². The SMILES string of the molecule is CC[C@H]1OC(=O)[C@@H](OC)C[C@H]2C=C[C@H]3[C@H]4O[C@]2(/C(C)=C\[C@H]1C)[C@@H]3[C@H](O)C(C)[C@H]4C#N. The van der Waals surface area contributed by atoms with Crippen molar-refractivity contribution in [1.82, 2.24) is 0 Å². The van der Waals surface area contributed by atoms with Crippen LogP contribution in [0.2, 0.25) is 0 Å². The lowest BCUT2D eigenvalue weighted by Gasteiger charge is -2.48. The molecule has 0 aromatic heterocycles. The summed E-state index contributed by atoms with van der Waals surface area (Å²) in [4.78, 5) is 12.9. The molecule has 1 saturated heterocycles. The van der Waals surface area contributed by atoms with Gasteiger partial charge in [0.2, 0.25) is 0 Å². The van der Waals surface area contributed by atoms with E-state index in [-0.39, 0.29) is 53.7 Å². The van der Waals surface area contributed by atoms with Crippen molar-refractivity contribution in [2.45, 2.75) is 70.6 Å². The maximum atomic E-state index is 12.9. The predicted octanol–water partition coefficient (Wildman–Crippen LogP) is 3.02. The molecule has 1 N–H and O–H groups in total. The summed E-state index contributed by atoms with van der Waals surface area (Å²) < 4.78 is 18.2. The topological polar surface area (TPSA) is 88.8 Å². The summed E-state index contributed by atoms with van der Waals surface area (Å²) in [7, 11) is 1.53. The minimum absolute atomic E-state index is 0.000629. The van der Waals surface area contributed by atoms with Crippen LogP contribution < -0.4 is 0 Å². The molecule has 1 unspecified atom stereocenters. The lowest BCUT2D eigenvalue weighted by Crippen LogP contribution is -2.55. The minimum atomic E-state index is -0.746. The molecule has 2 fully saturated rings. The zero-order valence-corrected chi connectivity index (χ0v) is 18.4. The van der Waals surface area contributed by atoms with Gasteiger partial charge in [0.15, 0.2) is 6.10 Å². The van der Waals surface area contributed by atoms with E-state index in [0.717, 1.165) is 5.57 Å². The average Bonchev–Trinajstić information content (AvgIpc) is 2.91. The first-order chi connectivity index (χ1) is 14.3. The van der Waals surface area contributed by atoms with Gasteiger partial charge in [-0.2, -0.15) is 5.26 Å². The summed E-state index contributed by atoms with van der Waals surface area (Å²) in [6.07, 6.45) is 5.62. The number of carbonyl (C=O) groups is 1. The van der Waals surface area contributed by atoms with Crippen LogP contribution in [0.5, 0.6) is 0 Å². The Labute approximate surface area is 178 Å². The van der Waals surface area contributed by atoms with Gasteiger partial charge < -0.3 is 19.3 Å². The van der Waals surface area contributed by atoms with Gasteiger partial charge in [-0.25, -0.2) is 4.79 Å². The largest absolute Gasteiger partial charge is 0.460 e. The summed E-state index contributed by atoms with van der Waals surface area (Å²) in [5, 5.41) is 21.2. The first kappa shape index (κ1) is 21.5. The molecular formula is C24H33NO5. The number of ether oxygens (including phenoxy) is 3. The fourth-order valence-electron chi connectivity index (χ4n) is 6.51. The lowest BCUT2D eigenvalue weighted by molar-refractivity contribution is -0.166. The van der Waals surface area contributed by atoms with Crippen LogP contribution >= 0.6 is 0 Å². The Balaban J connectivity index is 1.87. The van der Waals surface area contributed by atoms with Crippen LogP contribution in [0.4, 0.5) is 0 Å². The van der Waals surface area contributed by atoms with Crippen LogP contribution in [0.25, 0.3) is 0 Å². The Kier molecular flexibility index (Phi) is 5.59. The molecule has 164 valence electrons. The summed E-state index contributed by atoms with van der Waals surface area (Å²) in [5.41, 5.74) is 0.308. The first-order valence-electron chi connectivity index (χ1n) is 11.2. The molecule has 0 aromatic rings. The maximum Gasteiger partial charge on any atom is 0.335 e. The molecule has 4 rings (SSSR count). The number of cyclic esters (lactones) is 1. The monoisotopic (exact) mass is 415 g/mol. The number of rotatable bonds is 2. The second kappa shape index (κ2) is 7.78. The van der Waals surface area contributed by atoms with Crippen molar-refractivity contribution in [3.05, 3.63) is 23.8 Å². The van der Waals surface area contributed by atoms with Gasteiger partial charge in [0.05, 0.1) is 24.2 Å². The summed E-state index contributed by atoms with van der Waals surface area (Å²) in [5.74, 6) is -1.18. The molecule has 2 aliphatic carbocycles. The molecule has 6 nitrogen and oxygen atoms in total. The van der Waals surface area contributed by atoms with Gasteiger partial charge in [-0.1, -0.05) is 39.0 Å². The number of methoxy groups -OCH3 is 1. The quantitative estimate of drug-likeness (QED) is 0.551. The van der Waals surface area contributed by atoms with Crippen molar-refractivity contribution >= 4 is 5.97 Å². The van der Waals surface area contributed by atoms with Crippen LogP contribution in [0.3, 0.4) is 0 Å². The Bertz CT molecular complexity index is 800. The van der Waals surface area contributed by atoms with Crippen LogP contribution in [0, 0.1) is 46.8 Å². The Morgan fingerprint density at radius 1 is 1.37 bits per heavy atom. The molecule has 11 atom stereocenters. The minimum Gasteiger partial charge on any atom is -0.460 e. The van der Waals surface area contributed by atoms with E-state index in [1.165, 1.54) is 7.11 Å². The molecular weight excluding hydrogens is 382 g/mol. The number of aliphatic hydroxyl groups is 1. The molecule has 4 aliphatic rings. The van der Waals surface area contributed by atoms with Crippen molar-refractivity contribution in [3.63, 3.8) is 0 Å². The second-order valence-corrected chi connectivity index (χ2v) is 9.53. The normalized spacial score (nSPS) is 51.9. The van der Waals surface area contributed by atoms with Gasteiger partial charge in [0.1, 0.15) is 11.7 Å². The molecule has 1 spiro atoms. The van der Waals surface area contributed by atoms with E-state index in [2.05, 4.69) is 31.2 Å². The molecule has 30 heavy (non-hydrogen) atoms. The fourth-order valence-corrected chi connectivity index (χ4v) is 6.51. The van der Waals surface area contributed by atoms with Gasteiger partial charge >= 0.3 is 5.97 Å². The van der Waals surface area contributed by atoms with Crippen molar-refractivity contribution in [1.29, 1.82) is 5.26 Å². The Morgan fingerprint density at radius 2 is 2.10 bits per heavy atom. The molecule has 0 aromatic carbocycles. The molecule has 0 radical (unpaired) electrons. The highest BCUT2D eigenvalue weighted by Crippen LogP contribution is 2.61. The summed E-state index contributed by atoms with van der Waals surface area (Å²) in [6.45, 7) is 8.07. The van der Waals surface area contributed by atoms with Crippen LogP contribution in [-0.4, -0.2) is 48.2 Å². The number of nitriles is 1. The van der Waals surface area contributed by atoms with Crippen LogP contribution in [0.15, 0.2) is 23.8 Å². The predicted molar refractivity (Wildman–Crippen MR) is 110 cm³/mol. The fraction of sp³-hybridized carbons (Fsp3) is 0.750. The number of hydrogen-bond donors (Lipinski definition) is 1. The van der Waals surface area contributed by atoms with E-state index in [1.54, 1.807) is 0 Å². The summed E-state index contributed by atoms with van der Waals surface area (Å²) in [6, 6.07) is 2.40. The molecule has 1 saturated carbocycles. The third kappa shape index (κ3) is 2.90. The molecule has 2 aliphatic heterocycles. The smallest absolute Gasteiger partial charge is 0.335 e. The molecule has 4 bridgehead atoms. The first-order valence-corrected chi connectivity index (χ1v) is 11.2. The van der Waals surface area contributed by atoms with Crippen molar-refractivity contribution in [3.8, 4) is 6.07 Å². The van der Waals surface area contributed by atoms with Crippen molar-refractivity contribution in [2.24, 2.45) is 35.5 Å². The van der Waals surface area contributed by atoms with Gasteiger partial charge in [0, 0.05) is 36.7 Å². The highest BCUT2D eigenvalue weighted by atomic mass is 16.6. The van der Waals surface area contributed by atoms with E-state index in [4.69, 9.17) is 14.2 Å². The lowest BCUT2D eigenvalue weighted by atomic mass is 9.56. The third-order valence-electron chi connectivity index (χ3n) is 8.11. The van der Waals surface area contributed by atoms with Gasteiger partial charge in [-0.05, 0) is 25.3 Å². The highest BCUT2D eigenvalue weighted by molar-refractivity contribution is 5.75.